The molecule has 7 aromatic carbocycles. The van der Waals surface area contributed by atoms with Gasteiger partial charge in [0.25, 0.3) is 6.71 Å². The number of benzene rings is 7. The molecular weight excluding hydrogens is 657 g/mol. The van der Waals surface area contributed by atoms with Crippen molar-refractivity contribution in [2.75, 3.05) is 4.90 Å². The van der Waals surface area contributed by atoms with Crippen LogP contribution in [0.4, 0.5) is 17.3 Å². The third kappa shape index (κ3) is 4.53. The van der Waals surface area contributed by atoms with Crippen molar-refractivity contribution in [1.82, 2.24) is 19.1 Å². The predicted octanol–water partition coefficient (Wildman–Crippen LogP) is 9.48. The lowest BCUT2D eigenvalue weighted by molar-refractivity contribution is 1.09. The van der Waals surface area contributed by atoms with E-state index in [2.05, 4.69) is 208 Å². The van der Waals surface area contributed by atoms with Crippen LogP contribution in [0.25, 0.3) is 55.3 Å². The van der Waals surface area contributed by atoms with E-state index in [1.54, 1.807) is 0 Å². The molecule has 1 aliphatic heterocycles. The molecule has 0 amide bonds. The maximum atomic E-state index is 5.56. The lowest BCUT2D eigenvalue weighted by Crippen LogP contribution is -2.60. The average molecular weight is 690 g/mol. The number of para-hydroxylation sites is 5. The molecule has 0 saturated heterocycles. The fraction of sp³-hybridized carbons (Fsp3) is 0. The van der Waals surface area contributed by atoms with Gasteiger partial charge >= 0.3 is 0 Å². The van der Waals surface area contributed by atoms with E-state index in [0.717, 1.165) is 66.7 Å². The maximum Gasteiger partial charge on any atom is 0.289 e. The van der Waals surface area contributed by atoms with Gasteiger partial charge in [-0.1, -0.05) is 157 Å². The molecule has 0 saturated carbocycles. The van der Waals surface area contributed by atoms with Crippen LogP contribution in [0, 0.1) is 0 Å². The van der Waals surface area contributed by atoms with Gasteiger partial charge in [-0.25, -0.2) is 9.97 Å². The van der Waals surface area contributed by atoms with Gasteiger partial charge < -0.3 is 9.13 Å². The second-order valence-electron chi connectivity index (χ2n) is 13.8. The van der Waals surface area contributed by atoms with Gasteiger partial charge in [0, 0.05) is 44.3 Å². The van der Waals surface area contributed by atoms with Gasteiger partial charge in [0.1, 0.15) is 0 Å². The van der Waals surface area contributed by atoms with Crippen LogP contribution >= 0.6 is 0 Å². The number of nitrogens with zero attached hydrogens (tertiary/aromatic N) is 5. The number of rotatable bonds is 5. The summed E-state index contributed by atoms with van der Waals surface area (Å²) >= 11 is 0. The summed E-state index contributed by atoms with van der Waals surface area (Å²) in [5.41, 5.74) is 13.0. The van der Waals surface area contributed by atoms with Crippen molar-refractivity contribution in [3.8, 4) is 22.6 Å². The SMILES string of the molecule is c1ccc(B2c3c(c4ccccc4n3-c3ccccc3)N(c3nc(-c4ccccc4)c4ccccc4n3)c3c2n(-c2ccccc2)c2ccccc32)cc1. The van der Waals surface area contributed by atoms with E-state index in [0.29, 0.717) is 5.95 Å². The minimum Gasteiger partial charge on any atom is -0.319 e. The quantitative estimate of drug-likeness (QED) is 0.169. The van der Waals surface area contributed by atoms with Crippen molar-refractivity contribution in [3.63, 3.8) is 0 Å². The molecule has 1 aliphatic rings. The Morgan fingerprint density at radius 2 is 0.833 bits per heavy atom. The lowest BCUT2D eigenvalue weighted by atomic mass is 9.38. The first kappa shape index (κ1) is 30.5. The highest BCUT2D eigenvalue weighted by Crippen LogP contribution is 2.46. The predicted molar refractivity (Wildman–Crippen MR) is 224 cm³/mol. The summed E-state index contributed by atoms with van der Waals surface area (Å²) in [5, 5.41) is 3.29. The smallest absolute Gasteiger partial charge is 0.289 e. The highest BCUT2D eigenvalue weighted by molar-refractivity contribution is 6.98. The van der Waals surface area contributed by atoms with E-state index in [9.17, 15) is 0 Å². The first-order chi connectivity index (χ1) is 26.8. The van der Waals surface area contributed by atoms with E-state index >= 15 is 0 Å². The van der Waals surface area contributed by atoms with Crippen LogP contribution in [0.15, 0.2) is 194 Å². The molecule has 4 heterocycles. The number of hydrogen-bond donors (Lipinski definition) is 0. The number of aromatic nitrogens is 4. The normalized spacial score (nSPS) is 12.4. The van der Waals surface area contributed by atoms with Crippen LogP contribution in [0.5, 0.6) is 0 Å². The highest BCUT2D eigenvalue weighted by Gasteiger charge is 2.45. The molecule has 0 N–H and O–H groups in total. The Hall–Kier alpha value is -7.18. The van der Waals surface area contributed by atoms with Crippen molar-refractivity contribution < 1.29 is 0 Å². The minimum absolute atomic E-state index is 0.151. The van der Waals surface area contributed by atoms with Crippen molar-refractivity contribution in [1.29, 1.82) is 0 Å². The molecule has 5 nitrogen and oxygen atoms in total. The van der Waals surface area contributed by atoms with Crippen LogP contribution in [0.3, 0.4) is 0 Å². The first-order valence-corrected chi connectivity index (χ1v) is 18.4. The summed E-state index contributed by atoms with van der Waals surface area (Å²) < 4.78 is 4.93. The first-order valence-electron chi connectivity index (χ1n) is 18.4. The molecular formula is C48H32BN5. The topological polar surface area (TPSA) is 38.9 Å². The number of hydrogen-bond acceptors (Lipinski definition) is 3. The van der Waals surface area contributed by atoms with Gasteiger partial charge in [-0.3, -0.25) is 4.90 Å². The molecule has 6 heteroatoms. The monoisotopic (exact) mass is 689 g/mol. The summed E-state index contributed by atoms with van der Waals surface area (Å²) in [6, 6.07) is 68.9. The van der Waals surface area contributed by atoms with Crippen LogP contribution in [0.1, 0.15) is 0 Å². The van der Waals surface area contributed by atoms with Crippen LogP contribution in [-0.4, -0.2) is 25.8 Å². The molecule has 11 rings (SSSR count). The Balaban J connectivity index is 1.36. The number of fused-ring (bicyclic) bond motifs is 7. The third-order valence-electron chi connectivity index (χ3n) is 10.8. The summed E-state index contributed by atoms with van der Waals surface area (Å²) in [6.45, 7) is -0.151. The highest BCUT2D eigenvalue weighted by atomic mass is 15.3. The Bertz CT molecular complexity index is 2870. The molecule has 0 unspecified atom stereocenters. The molecule has 0 spiro atoms. The molecule has 252 valence electrons. The zero-order chi connectivity index (χ0) is 35.6. The largest absolute Gasteiger partial charge is 0.319 e. The Morgan fingerprint density at radius 3 is 1.39 bits per heavy atom. The summed E-state index contributed by atoms with van der Waals surface area (Å²) in [4.78, 5) is 13.4. The van der Waals surface area contributed by atoms with Crippen LogP contribution in [-0.2, 0) is 0 Å². The van der Waals surface area contributed by atoms with Crippen molar-refractivity contribution in [2.45, 2.75) is 0 Å². The summed E-state index contributed by atoms with van der Waals surface area (Å²) in [5.74, 6) is 0.633. The maximum absolute atomic E-state index is 5.56. The second kappa shape index (κ2) is 12.2. The fourth-order valence-electron chi connectivity index (χ4n) is 8.58. The third-order valence-corrected chi connectivity index (χ3v) is 10.8. The molecule has 0 atom stereocenters. The molecule has 54 heavy (non-hydrogen) atoms. The van der Waals surface area contributed by atoms with Gasteiger partial charge in [-0.05, 0) is 42.5 Å². The lowest BCUT2D eigenvalue weighted by Gasteiger charge is -2.34. The molecule has 0 radical (unpaired) electrons. The standard InChI is InChI=1S/C48H32BN5/c1-5-19-33(20-6-1)43-37-27-13-16-30-40(37)50-48(51-43)54-44-38-28-14-17-31-41(38)52(35-23-9-3-10-24-35)46(44)49(34-21-7-2-8-22-34)47-45(54)39-29-15-18-32-42(39)53(47)36-25-11-4-12-26-36/h1-32H. The Morgan fingerprint density at radius 1 is 0.389 bits per heavy atom. The van der Waals surface area contributed by atoms with E-state index in [1.165, 1.54) is 16.6 Å². The molecule has 3 aromatic heterocycles. The molecule has 10 aromatic rings. The van der Waals surface area contributed by atoms with E-state index in [4.69, 9.17) is 9.97 Å². The van der Waals surface area contributed by atoms with Crippen molar-refractivity contribution in [2.24, 2.45) is 0 Å². The van der Waals surface area contributed by atoms with Gasteiger partial charge in [0.05, 0.1) is 33.6 Å². The zero-order valence-electron chi connectivity index (χ0n) is 29.3. The number of anilines is 3. The van der Waals surface area contributed by atoms with E-state index in [-0.39, 0.29) is 6.71 Å². The van der Waals surface area contributed by atoms with E-state index < -0.39 is 0 Å². The van der Waals surface area contributed by atoms with Gasteiger partial charge in [0.15, 0.2) is 0 Å². The average Bonchev–Trinajstić information content (AvgIpc) is 3.77. The molecule has 0 bridgehead atoms. The second-order valence-corrected chi connectivity index (χ2v) is 13.8. The van der Waals surface area contributed by atoms with E-state index in [1.807, 2.05) is 0 Å². The van der Waals surface area contributed by atoms with Crippen LogP contribution in [0.2, 0.25) is 0 Å². The van der Waals surface area contributed by atoms with Gasteiger partial charge in [0.2, 0.25) is 5.95 Å². The minimum atomic E-state index is -0.151. The van der Waals surface area contributed by atoms with Gasteiger partial charge in [-0.15, -0.1) is 0 Å². The molecule has 0 fully saturated rings. The fourth-order valence-corrected chi connectivity index (χ4v) is 8.58. The van der Waals surface area contributed by atoms with Gasteiger partial charge in [-0.2, -0.15) is 0 Å². The summed E-state index contributed by atoms with van der Waals surface area (Å²) in [7, 11) is 0. The molecule has 0 aliphatic carbocycles. The Kier molecular flexibility index (Phi) is 6.89. The zero-order valence-corrected chi connectivity index (χ0v) is 29.3. The van der Waals surface area contributed by atoms with Crippen LogP contribution < -0.4 is 21.5 Å². The Labute approximate surface area is 313 Å². The van der Waals surface area contributed by atoms with Crippen molar-refractivity contribution in [3.05, 3.63) is 194 Å². The van der Waals surface area contributed by atoms with Crippen molar-refractivity contribution >= 4 is 73.4 Å². The summed E-state index contributed by atoms with van der Waals surface area (Å²) in [6.07, 6.45) is 0.